The van der Waals surface area contributed by atoms with Crippen LogP contribution in [-0.4, -0.2) is 17.0 Å². The number of aromatic amines is 1. The van der Waals surface area contributed by atoms with Crippen molar-refractivity contribution in [1.82, 2.24) is 15.3 Å². The number of rotatable bonds is 4. The summed E-state index contributed by atoms with van der Waals surface area (Å²) in [5, 5.41) is 6.80. The first kappa shape index (κ1) is 14.8. The Morgan fingerprint density at radius 1 is 1.40 bits per heavy atom. The van der Waals surface area contributed by atoms with Gasteiger partial charge in [-0.15, -0.1) is 0 Å². The molecule has 0 amide bonds. The fraction of sp³-hybridized carbons (Fsp3) is 0.0833. The zero-order chi connectivity index (χ0) is 14.7. The van der Waals surface area contributed by atoms with Gasteiger partial charge in [-0.25, -0.2) is 4.98 Å². The normalized spacial score (nSPS) is 13.3. The number of nitrogens with two attached hydrogens (primary N) is 1. The monoisotopic (exact) mass is 331 g/mol. The maximum Gasteiger partial charge on any atom is 0.205 e. The lowest BCUT2D eigenvalue weighted by molar-refractivity contribution is 1.07. The minimum Gasteiger partial charge on any atom is -0.388 e. The maximum absolute atomic E-state index is 5.92. The van der Waals surface area contributed by atoms with Crippen LogP contribution in [0.3, 0.4) is 0 Å². The van der Waals surface area contributed by atoms with E-state index in [0.717, 1.165) is 11.0 Å². The van der Waals surface area contributed by atoms with Gasteiger partial charge in [0, 0.05) is 12.1 Å². The fourth-order valence-corrected chi connectivity index (χ4v) is 1.92. The third-order valence-corrected chi connectivity index (χ3v) is 3.20. The summed E-state index contributed by atoms with van der Waals surface area (Å²) in [6.07, 6.45) is 1.56. The Hall–Kier alpha value is -1.56. The molecular weight excluding hydrogens is 321 g/mol. The zero-order valence-corrected chi connectivity index (χ0v) is 12.7. The molecule has 0 atom stereocenters. The lowest BCUT2D eigenvalue weighted by Crippen LogP contribution is -2.08. The van der Waals surface area contributed by atoms with E-state index in [9.17, 15) is 0 Å². The number of hydrogen-bond donors (Lipinski definition) is 4. The molecule has 2 aromatic rings. The van der Waals surface area contributed by atoms with Crippen molar-refractivity contribution in [1.29, 1.82) is 0 Å². The molecule has 0 fully saturated rings. The first-order chi connectivity index (χ1) is 9.49. The highest BCUT2D eigenvalue weighted by Crippen LogP contribution is 2.20. The number of H-pyrrole nitrogens is 1. The van der Waals surface area contributed by atoms with Crippen molar-refractivity contribution in [3.8, 4) is 0 Å². The van der Waals surface area contributed by atoms with Gasteiger partial charge >= 0.3 is 0 Å². The number of imidazole rings is 1. The van der Waals surface area contributed by atoms with Crippen LogP contribution in [0.1, 0.15) is 0 Å². The predicted octanol–water partition coefficient (Wildman–Crippen LogP) is 3.29. The number of fused-ring (bicyclic) bond motifs is 1. The van der Waals surface area contributed by atoms with E-state index in [2.05, 4.69) is 20.6 Å². The second kappa shape index (κ2) is 6.26. The fourth-order valence-electron chi connectivity index (χ4n) is 1.53. The Balaban J connectivity index is 2.32. The standard InChI is InChI=1S/C12H12Cl3N5/c1-17-10(14)5-9(11(15)16)20-12-18-7-3-2-6(13)4-8(7)19-12/h2-5,17H,16H2,1H3,(H2,18,19,20)/b10-5-,11-9+. The summed E-state index contributed by atoms with van der Waals surface area (Å²) in [5.74, 6) is 0.484. The summed E-state index contributed by atoms with van der Waals surface area (Å²) in [5.41, 5.74) is 7.60. The maximum atomic E-state index is 5.92. The number of aromatic nitrogens is 2. The molecular formula is C12H12Cl3N5. The quantitative estimate of drug-likeness (QED) is 0.512. The molecule has 5 nitrogen and oxygen atoms in total. The Morgan fingerprint density at radius 3 is 2.80 bits per heavy atom. The van der Waals surface area contributed by atoms with Gasteiger partial charge in [-0.3, -0.25) is 0 Å². The Labute approximate surface area is 130 Å². The van der Waals surface area contributed by atoms with Gasteiger partial charge in [-0.05, 0) is 24.3 Å². The highest BCUT2D eigenvalue weighted by Gasteiger charge is 2.06. The van der Waals surface area contributed by atoms with Gasteiger partial charge in [0.15, 0.2) is 0 Å². The first-order valence-corrected chi connectivity index (χ1v) is 6.75. The lowest BCUT2D eigenvalue weighted by atomic mass is 10.3. The molecule has 1 aromatic carbocycles. The summed E-state index contributed by atoms with van der Waals surface area (Å²) in [6, 6.07) is 5.35. The van der Waals surface area contributed by atoms with Crippen molar-refractivity contribution in [2.45, 2.75) is 0 Å². The van der Waals surface area contributed by atoms with Gasteiger partial charge in [0.2, 0.25) is 5.95 Å². The van der Waals surface area contributed by atoms with Crippen LogP contribution < -0.4 is 16.4 Å². The highest BCUT2D eigenvalue weighted by atomic mass is 35.5. The van der Waals surface area contributed by atoms with E-state index in [4.69, 9.17) is 40.5 Å². The van der Waals surface area contributed by atoms with Crippen molar-refractivity contribution in [2.24, 2.45) is 5.73 Å². The number of halogens is 3. The van der Waals surface area contributed by atoms with Crippen molar-refractivity contribution in [3.63, 3.8) is 0 Å². The molecule has 106 valence electrons. The molecule has 1 heterocycles. The molecule has 0 aliphatic rings. The molecule has 1 aromatic heterocycles. The van der Waals surface area contributed by atoms with E-state index in [1.807, 2.05) is 6.07 Å². The molecule has 0 saturated heterocycles. The minimum absolute atomic E-state index is 0.0666. The van der Waals surface area contributed by atoms with Gasteiger partial charge in [0.05, 0.1) is 16.7 Å². The molecule has 5 N–H and O–H groups in total. The van der Waals surface area contributed by atoms with Gasteiger partial charge in [-0.2, -0.15) is 0 Å². The van der Waals surface area contributed by atoms with Crippen LogP contribution in [0.4, 0.5) is 5.95 Å². The van der Waals surface area contributed by atoms with Gasteiger partial charge in [0.25, 0.3) is 0 Å². The molecule has 0 radical (unpaired) electrons. The van der Waals surface area contributed by atoms with Crippen molar-refractivity contribution in [2.75, 3.05) is 12.4 Å². The summed E-state index contributed by atoms with van der Waals surface area (Å²) < 4.78 is 0. The van der Waals surface area contributed by atoms with Crippen LogP contribution in [0.5, 0.6) is 0 Å². The van der Waals surface area contributed by atoms with E-state index in [0.29, 0.717) is 21.8 Å². The average molecular weight is 333 g/mol. The summed E-state index contributed by atoms with van der Waals surface area (Å²) in [6.45, 7) is 0. The highest BCUT2D eigenvalue weighted by molar-refractivity contribution is 6.31. The number of nitrogens with one attached hydrogen (secondary N) is 3. The smallest absolute Gasteiger partial charge is 0.205 e. The Bertz CT molecular complexity index is 685. The van der Waals surface area contributed by atoms with Crippen molar-refractivity contribution in [3.05, 3.63) is 45.3 Å². The third-order valence-electron chi connectivity index (χ3n) is 2.46. The van der Waals surface area contributed by atoms with Crippen LogP contribution in [0.15, 0.2) is 40.3 Å². The van der Waals surface area contributed by atoms with E-state index < -0.39 is 0 Å². The number of nitrogens with zero attached hydrogens (tertiary/aromatic N) is 1. The summed E-state index contributed by atoms with van der Waals surface area (Å²) in [4.78, 5) is 7.41. The molecule has 0 aliphatic carbocycles. The molecule has 0 aliphatic heterocycles. The van der Waals surface area contributed by atoms with Gasteiger partial charge < -0.3 is 21.4 Å². The summed E-state index contributed by atoms with van der Waals surface area (Å²) in [7, 11) is 1.68. The van der Waals surface area contributed by atoms with Gasteiger partial charge in [0.1, 0.15) is 10.3 Å². The number of anilines is 1. The van der Waals surface area contributed by atoms with Crippen LogP contribution in [0.2, 0.25) is 5.02 Å². The topological polar surface area (TPSA) is 78.8 Å². The van der Waals surface area contributed by atoms with Crippen LogP contribution in [0, 0.1) is 0 Å². The van der Waals surface area contributed by atoms with Crippen molar-refractivity contribution >= 4 is 51.8 Å². The van der Waals surface area contributed by atoms with E-state index >= 15 is 0 Å². The molecule has 0 unspecified atom stereocenters. The number of hydrogen-bond acceptors (Lipinski definition) is 4. The molecule has 8 heteroatoms. The molecule has 20 heavy (non-hydrogen) atoms. The summed E-state index contributed by atoms with van der Waals surface area (Å²) >= 11 is 17.6. The Morgan fingerprint density at radius 2 is 2.15 bits per heavy atom. The van der Waals surface area contributed by atoms with E-state index in [-0.39, 0.29) is 5.16 Å². The molecule has 0 bridgehead atoms. The van der Waals surface area contributed by atoms with Crippen molar-refractivity contribution < 1.29 is 0 Å². The van der Waals surface area contributed by atoms with Crippen LogP contribution >= 0.6 is 34.8 Å². The first-order valence-electron chi connectivity index (χ1n) is 5.62. The zero-order valence-electron chi connectivity index (χ0n) is 10.5. The second-order valence-corrected chi connectivity index (χ2v) is 5.13. The average Bonchev–Trinajstić information content (AvgIpc) is 2.79. The lowest BCUT2D eigenvalue weighted by Gasteiger charge is -2.06. The minimum atomic E-state index is 0.0666. The molecule has 0 saturated carbocycles. The SMILES string of the molecule is CN/C(Cl)=C\C(Nc1nc2ccc(Cl)cc2[nH]1)=C(/N)Cl. The third kappa shape index (κ3) is 3.50. The van der Waals surface area contributed by atoms with Crippen LogP contribution in [-0.2, 0) is 0 Å². The van der Waals surface area contributed by atoms with E-state index in [1.54, 1.807) is 25.3 Å². The van der Waals surface area contributed by atoms with Gasteiger partial charge in [-0.1, -0.05) is 34.8 Å². The Kier molecular flexibility index (Phi) is 4.65. The molecule has 0 spiro atoms. The largest absolute Gasteiger partial charge is 0.388 e. The number of allylic oxidation sites excluding steroid dienone is 1. The van der Waals surface area contributed by atoms with Crippen LogP contribution in [0.25, 0.3) is 11.0 Å². The van der Waals surface area contributed by atoms with E-state index in [1.165, 1.54) is 0 Å². The number of benzene rings is 1. The molecule has 2 rings (SSSR count). The predicted molar refractivity (Wildman–Crippen MR) is 84.8 cm³/mol. The second-order valence-electron chi connectivity index (χ2n) is 3.88.